The van der Waals surface area contributed by atoms with Crippen LogP contribution < -0.4 is 5.11 Å². The van der Waals surface area contributed by atoms with E-state index in [1.807, 2.05) is 0 Å². The van der Waals surface area contributed by atoms with Crippen LogP contribution in [-0.2, 0) is 37.4 Å². The third-order valence-corrected chi connectivity index (χ3v) is 4.08. The van der Waals surface area contributed by atoms with Crippen LogP contribution in [0.2, 0.25) is 0 Å². The van der Waals surface area contributed by atoms with Gasteiger partial charge in [-0.05, 0) is 0 Å². The smallest absolute Gasteiger partial charge is 0.336 e. The Kier molecular flexibility index (Phi) is 24.8. The van der Waals surface area contributed by atoms with E-state index in [-0.39, 0.29) is 39.9 Å². The number of carbonyl (C=O) groups is 4. The Labute approximate surface area is 215 Å². The molecule has 0 fully saturated rings. The quantitative estimate of drug-likeness (QED) is 0.103. The van der Waals surface area contributed by atoms with Gasteiger partial charge in [-0.3, -0.25) is 32.6 Å². The predicted octanol–water partition coefficient (Wildman–Crippen LogP) is -4.34. The summed E-state index contributed by atoms with van der Waals surface area (Å²) in [5, 5.41) is 32.7. The normalized spacial score (nSPS) is 10.9. The zero-order chi connectivity index (χ0) is 27.1. The van der Waals surface area contributed by atoms with E-state index in [2.05, 4.69) is 0 Å². The van der Waals surface area contributed by atoms with Crippen molar-refractivity contribution < 1.29 is 137 Å². The minimum absolute atomic E-state index is 0. The largest absolute Gasteiger partial charge is 0.549 e. The SMILES string of the molecule is O=C(O)CP(=O)(O)O.O=C(O)CP(=O)(O)O.O=C(O)CP(=O)(O)O.O=C([O-])CP(=O)(O)O.[Th]. The Morgan fingerprint density at radius 1 is 0.485 bits per heavy atom. The molecule has 0 heterocycles. The number of hydrogen-bond donors (Lipinski definition) is 11. The van der Waals surface area contributed by atoms with E-state index in [0.29, 0.717) is 0 Å². The molecule has 0 saturated heterocycles. The van der Waals surface area contributed by atoms with Crippen molar-refractivity contribution in [1.82, 2.24) is 0 Å². The minimum atomic E-state index is -4.38. The van der Waals surface area contributed by atoms with E-state index in [0.717, 1.165) is 0 Å². The van der Waals surface area contributed by atoms with Crippen LogP contribution in [0.15, 0.2) is 0 Å². The van der Waals surface area contributed by atoms with Gasteiger partial charge in [0.25, 0.3) is 0 Å². The maximum absolute atomic E-state index is 9.76. The van der Waals surface area contributed by atoms with Gasteiger partial charge in [-0.25, -0.2) is 0 Å². The fourth-order valence-electron chi connectivity index (χ4n) is 0.697. The number of rotatable bonds is 8. The number of carboxylic acids is 4. The number of carboxylic acid groups (broad SMARTS) is 4. The van der Waals surface area contributed by atoms with Crippen molar-refractivity contribution >= 4 is 54.3 Å². The number of aliphatic carboxylic acids is 4. The molecule has 0 radical (unpaired) electrons. The maximum atomic E-state index is 9.76. The van der Waals surface area contributed by atoms with Crippen molar-refractivity contribution in [3.8, 4) is 0 Å². The van der Waals surface area contributed by atoms with E-state index < -0.39 is 78.9 Å². The van der Waals surface area contributed by atoms with Gasteiger partial charge in [-0.15, -0.1) is 0 Å². The van der Waals surface area contributed by atoms with Crippen LogP contribution in [0.4, 0.5) is 0 Å². The fraction of sp³-hybridized carbons (Fsp3) is 0.500. The Bertz CT molecular complexity index is 676. The molecule has 0 aromatic carbocycles. The van der Waals surface area contributed by atoms with Gasteiger partial charge in [0.05, 0.1) is 12.1 Å². The monoisotopic (exact) mass is 791 g/mol. The van der Waals surface area contributed by atoms with Gasteiger partial charge in [0.2, 0.25) is 0 Å². The zero-order valence-corrected chi connectivity index (χ0v) is 23.4. The van der Waals surface area contributed by atoms with Crippen molar-refractivity contribution in [2.45, 2.75) is 0 Å². The van der Waals surface area contributed by atoms with E-state index >= 15 is 0 Å². The average molecular weight is 791 g/mol. The fourth-order valence-corrected chi connectivity index (χ4v) is 2.09. The van der Waals surface area contributed by atoms with Crippen LogP contribution in [0.3, 0.4) is 0 Å². The third kappa shape index (κ3) is 72.0. The third-order valence-electron chi connectivity index (χ3n) is 1.36. The topological polar surface area (TPSA) is 382 Å². The van der Waals surface area contributed by atoms with Gasteiger partial charge in [0.15, 0.2) is 0 Å². The first-order valence-electron chi connectivity index (χ1n) is 6.70. The molecule has 33 heavy (non-hydrogen) atoms. The summed E-state index contributed by atoms with van der Waals surface area (Å²) in [5.74, 6) is -6.20. The van der Waals surface area contributed by atoms with Gasteiger partial charge in [-0.1, -0.05) is 0 Å². The van der Waals surface area contributed by atoms with Crippen molar-refractivity contribution in [2.75, 3.05) is 24.6 Å². The summed E-state index contributed by atoms with van der Waals surface area (Å²) in [6.45, 7) is 0. The van der Waals surface area contributed by atoms with Gasteiger partial charge < -0.3 is 64.4 Å². The molecule has 0 aliphatic heterocycles. The van der Waals surface area contributed by atoms with Crippen LogP contribution in [0.5, 0.6) is 0 Å². The van der Waals surface area contributed by atoms with E-state index in [1.54, 1.807) is 0 Å². The second kappa shape index (κ2) is 19.0. The maximum Gasteiger partial charge on any atom is 0.336 e. The molecule has 196 valence electrons. The minimum Gasteiger partial charge on any atom is -0.549 e. The molecule has 0 aliphatic carbocycles. The zero-order valence-electron chi connectivity index (χ0n) is 15.7. The van der Waals surface area contributed by atoms with Crippen molar-refractivity contribution in [3.05, 3.63) is 0 Å². The Hall–Kier alpha value is -0.195. The Balaban J connectivity index is -0.000000105. The standard InChI is InChI=1S/4C2H5O5P.Th/c4*3-2(4)1-8(5,6)7;/h4*1H2,(H,3,4)(H2,5,6,7);/p-1. The van der Waals surface area contributed by atoms with Gasteiger partial charge in [0.1, 0.15) is 18.5 Å². The van der Waals surface area contributed by atoms with Crippen molar-refractivity contribution in [1.29, 1.82) is 0 Å². The summed E-state index contributed by atoms with van der Waals surface area (Å²) in [6.07, 6.45) is -4.47. The molecule has 0 unspecified atom stereocenters. The first-order valence-corrected chi connectivity index (χ1v) is 13.9. The van der Waals surface area contributed by atoms with E-state index in [1.165, 1.54) is 0 Å². The Morgan fingerprint density at radius 2 is 0.636 bits per heavy atom. The molecule has 25 heteroatoms. The summed E-state index contributed by atoms with van der Waals surface area (Å²) in [5.41, 5.74) is 0. The van der Waals surface area contributed by atoms with Gasteiger partial charge in [0, 0.05) is 39.9 Å². The Morgan fingerprint density at radius 3 is 0.636 bits per heavy atom. The number of carbonyl (C=O) groups excluding carboxylic acids is 1. The molecule has 0 aromatic rings. The van der Waals surface area contributed by atoms with Crippen LogP contribution in [0.1, 0.15) is 0 Å². The number of hydrogen-bond acceptors (Lipinski definition) is 9. The first kappa shape index (κ1) is 42.9. The molecule has 0 saturated carbocycles. The predicted molar refractivity (Wildman–Crippen MR) is 95.6 cm³/mol. The molecule has 0 rings (SSSR count). The van der Waals surface area contributed by atoms with Crippen molar-refractivity contribution in [3.63, 3.8) is 0 Å². The molecular formula is C8H19O20P4Th-. The van der Waals surface area contributed by atoms with Crippen LogP contribution in [-0.4, -0.2) is 103 Å². The van der Waals surface area contributed by atoms with Crippen molar-refractivity contribution in [2.24, 2.45) is 0 Å². The average Bonchev–Trinajstić information content (AvgIpc) is 2.26. The molecule has 0 aromatic heterocycles. The summed E-state index contributed by atoms with van der Waals surface area (Å²) in [7, 11) is -17.3. The second-order valence-corrected chi connectivity index (χ2v) is 11.4. The molecular weight excluding hydrogens is 772 g/mol. The molecule has 0 aliphatic rings. The molecule has 0 atom stereocenters. The molecule has 0 bridgehead atoms. The first-order chi connectivity index (χ1) is 13.7. The second-order valence-electron chi connectivity index (χ2n) is 4.84. The van der Waals surface area contributed by atoms with Gasteiger partial charge in [-0.2, -0.15) is 0 Å². The summed E-state index contributed by atoms with van der Waals surface area (Å²) in [6, 6.07) is 0. The summed E-state index contributed by atoms with van der Waals surface area (Å²) in [4.78, 5) is 101. The summed E-state index contributed by atoms with van der Waals surface area (Å²) < 4.78 is 39.0. The molecule has 0 amide bonds. The molecule has 0 spiro atoms. The van der Waals surface area contributed by atoms with Crippen LogP contribution >= 0.6 is 30.4 Å². The summed E-state index contributed by atoms with van der Waals surface area (Å²) >= 11 is 0. The van der Waals surface area contributed by atoms with Crippen LogP contribution in [0, 0.1) is 39.9 Å². The molecule has 20 nitrogen and oxygen atoms in total. The van der Waals surface area contributed by atoms with Gasteiger partial charge >= 0.3 is 48.3 Å². The van der Waals surface area contributed by atoms with E-state index in [4.69, 9.17) is 54.5 Å². The van der Waals surface area contributed by atoms with Crippen LogP contribution in [0.25, 0.3) is 0 Å². The molecule has 11 N–H and O–H groups in total. The van der Waals surface area contributed by atoms with E-state index in [9.17, 15) is 42.5 Å².